The second kappa shape index (κ2) is 6.79. The number of H-pyrrole nitrogens is 1. The summed E-state index contributed by atoms with van der Waals surface area (Å²) in [6.45, 7) is 0. The summed E-state index contributed by atoms with van der Waals surface area (Å²) < 4.78 is 5.81. The van der Waals surface area contributed by atoms with Gasteiger partial charge in [-0.25, -0.2) is 0 Å². The van der Waals surface area contributed by atoms with E-state index in [9.17, 15) is 0 Å². The molecule has 0 fully saturated rings. The van der Waals surface area contributed by atoms with Gasteiger partial charge in [-0.3, -0.25) is 10.1 Å². The third kappa shape index (κ3) is 3.23. The molecule has 1 heterocycles. The molecule has 0 saturated carbocycles. The standard InChI is InChI=1S/C18H18N4O/c1-19-12-16-17(21-22-18(16)20-2)13-8-10-15(11-9-13)23-14-6-4-3-5-7-14/h3-12H,1-2H3,(H2,20,21,22). The van der Waals surface area contributed by atoms with Crippen LogP contribution in [0.4, 0.5) is 5.82 Å². The van der Waals surface area contributed by atoms with Gasteiger partial charge in [0, 0.05) is 25.9 Å². The van der Waals surface area contributed by atoms with Crippen LogP contribution >= 0.6 is 0 Å². The molecule has 23 heavy (non-hydrogen) atoms. The highest BCUT2D eigenvalue weighted by Crippen LogP contribution is 2.28. The van der Waals surface area contributed by atoms with Crippen molar-refractivity contribution in [1.29, 1.82) is 0 Å². The van der Waals surface area contributed by atoms with Crippen molar-refractivity contribution < 1.29 is 4.74 Å². The number of anilines is 1. The Kier molecular flexibility index (Phi) is 4.38. The van der Waals surface area contributed by atoms with Crippen molar-refractivity contribution in [2.24, 2.45) is 4.99 Å². The maximum absolute atomic E-state index is 5.81. The number of aromatic amines is 1. The minimum absolute atomic E-state index is 0.773. The van der Waals surface area contributed by atoms with Crippen LogP contribution in [0.1, 0.15) is 5.56 Å². The van der Waals surface area contributed by atoms with E-state index in [1.807, 2.05) is 61.6 Å². The average Bonchev–Trinajstić information content (AvgIpc) is 3.00. The van der Waals surface area contributed by atoms with Crippen LogP contribution in [0, 0.1) is 0 Å². The van der Waals surface area contributed by atoms with Crippen molar-refractivity contribution in [3.05, 3.63) is 60.2 Å². The number of para-hydroxylation sites is 1. The normalized spacial score (nSPS) is 10.9. The molecule has 0 aliphatic carbocycles. The minimum Gasteiger partial charge on any atom is -0.457 e. The van der Waals surface area contributed by atoms with E-state index in [2.05, 4.69) is 20.5 Å². The molecule has 0 bridgehead atoms. The van der Waals surface area contributed by atoms with Gasteiger partial charge < -0.3 is 10.1 Å². The predicted octanol–water partition coefficient (Wildman–Crippen LogP) is 3.96. The number of aliphatic imine (C=N–C) groups is 1. The second-order valence-corrected chi connectivity index (χ2v) is 4.94. The molecule has 3 rings (SSSR count). The molecule has 0 amide bonds. The van der Waals surface area contributed by atoms with Gasteiger partial charge in [-0.1, -0.05) is 18.2 Å². The van der Waals surface area contributed by atoms with Crippen LogP contribution in [0.2, 0.25) is 0 Å². The van der Waals surface area contributed by atoms with Crippen LogP contribution in [0.3, 0.4) is 0 Å². The molecule has 5 heteroatoms. The summed E-state index contributed by atoms with van der Waals surface area (Å²) in [5.74, 6) is 2.38. The number of nitrogens with one attached hydrogen (secondary N) is 2. The average molecular weight is 306 g/mol. The monoisotopic (exact) mass is 306 g/mol. The highest BCUT2D eigenvalue weighted by Gasteiger charge is 2.12. The maximum atomic E-state index is 5.81. The minimum atomic E-state index is 0.773. The van der Waals surface area contributed by atoms with Gasteiger partial charge in [-0.2, -0.15) is 5.10 Å². The Balaban J connectivity index is 1.86. The largest absolute Gasteiger partial charge is 0.457 e. The molecule has 0 spiro atoms. The van der Waals surface area contributed by atoms with Gasteiger partial charge in [-0.15, -0.1) is 0 Å². The summed E-state index contributed by atoms with van der Waals surface area (Å²) in [6, 6.07) is 17.6. The van der Waals surface area contributed by atoms with Crippen LogP contribution in [-0.2, 0) is 0 Å². The third-order valence-corrected chi connectivity index (χ3v) is 3.42. The lowest BCUT2D eigenvalue weighted by Gasteiger charge is -2.06. The first-order valence-corrected chi connectivity index (χ1v) is 7.33. The Bertz CT molecular complexity index is 792. The van der Waals surface area contributed by atoms with Gasteiger partial charge in [0.15, 0.2) is 5.82 Å². The summed E-state index contributed by atoms with van der Waals surface area (Å²) in [4.78, 5) is 4.10. The van der Waals surface area contributed by atoms with Crippen molar-refractivity contribution in [3.63, 3.8) is 0 Å². The SMILES string of the molecule is CN=Cc1c(NC)n[nH]c1-c1ccc(Oc2ccccc2)cc1. The Morgan fingerprint density at radius 2 is 1.74 bits per heavy atom. The van der Waals surface area contributed by atoms with E-state index < -0.39 is 0 Å². The molecule has 3 aromatic rings. The molecule has 0 radical (unpaired) electrons. The fraction of sp³-hybridized carbons (Fsp3) is 0.111. The van der Waals surface area contributed by atoms with Crippen molar-refractivity contribution >= 4 is 12.0 Å². The fourth-order valence-electron chi connectivity index (χ4n) is 2.33. The number of rotatable bonds is 5. The molecule has 0 aliphatic heterocycles. The smallest absolute Gasteiger partial charge is 0.157 e. The van der Waals surface area contributed by atoms with Gasteiger partial charge in [0.2, 0.25) is 0 Å². The lowest BCUT2D eigenvalue weighted by atomic mass is 10.1. The zero-order chi connectivity index (χ0) is 16.1. The van der Waals surface area contributed by atoms with Crippen LogP contribution in [0.15, 0.2) is 59.6 Å². The van der Waals surface area contributed by atoms with Crippen LogP contribution in [0.5, 0.6) is 11.5 Å². The van der Waals surface area contributed by atoms with Gasteiger partial charge in [0.25, 0.3) is 0 Å². The number of ether oxygens (including phenoxy) is 1. The first-order chi connectivity index (χ1) is 11.3. The molecular formula is C18H18N4O. The van der Waals surface area contributed by atoms with E-state index in [1.165, 1.54) is 0 Å². The molecule has 2 aromatic carbocycles. The van der Waals surface area contributed by atoms with Crippen molar-refractivity contribution in [1.82, 2.24) is 10.2 Å². The summed E-state index contributed by atoms with van der Waals surface area (Å²) in [7, 11) is 3.58. The van der Waals surface area contributed by atoms with E-state index in [-0.39, 0.29) is 0 Å². The Hall–Kier alpha value is -3.08. The predicted molar refractivity (Wildman–Crippen MR) is 93.6 cm³/mol. The Morgan fingerprint density at radius 1 is 1.04 bits per heavy atom. The van der Waals surface area contributed by atoms with E-state index >= 15 is 0 Å². The molecule has 0 atom stereocenters. The van der Waals surface area contributed by atoms with Crippen LogP contribution in [0.25, 0.3) is 11.3 Å². The Labute approximate surface area is 135 Å². The van der Waals surface area contributed by atoms with Crippen molar-refractivity contribution in [2.45, 2.75) is 0 Å². The molecule has 116 valence electrons. The van der Waals surface area contributed by atoms with Crippen LogP contribution < -0.4 is 10.1 Å². The molecule has 0 saturated heterocycles. The summed E-state index contributed by atoms with van der Waals surface area (Å²) in [5.41, 5.74) is 2.88. The van der Waals surface area contributed by atoms with Gasteiger partial charge >= 0.3 is 0 Å². The molecule has 2 N–H and O–H groups in total. The van der Waals surface area contributed by atoms with E-state index in [4.69, 9.17) is 4.74 Å². The molecule has 5 nitrogen and oxygen atoms in total. The first kappa shape index (κ1) is 14.8. The van der Waals surface area contributed by atoms with Crippen molar-refractivity contribution in [2.75, 3.05) is 19.4 Å². The third-order valence-electron chi connectivity index (χ3n) is 3.42. The number of hydrogen-bond donors (Lipinski definition) is 2. The Morgan fingerprint density at radius 3 is 2.39 bits per heavy atom. The van der Waals surface area contributed by atoms with E-state index in [0.29, 0.717) is 0 Å². The summed E-state index contributed by atoms with van der Waals surface area (Å²) >= 11 is 0. The number of nitrogens with zero attached hydrogens (tertiary/aromatic N) is 2. The zero-order valence-corrected chi connectivity index (χ0v) is 13.1. The lowest BCUT2D eigenvalue weighted by Crippen LogP contribution is -1.93. The number of hydrogen-bond acceptors (Lipinski definition) is 4. The van der Waals surface area contributed by atoms with Gasteiger partial charge in [0.05, 0.1) is 11.3 Å². The van der Waals surface area contributed by atoms with Gasteiger partial charge in [-0.05, 0) is 36.4 Å². The second-order valence-electron chi connectivity index (χ2n) is 4.94. The zero-order valence-electron chi connectivity index (χ0n) is 13.1. The van der Waals surface area contributed by atoms with Gasteiger partial charge in [0.1, 0.15) is 11.5 Å². The molecular weight excluding hydrogens is 288 g/mol. The highest BCUT2D eigenvalue weighted by molar-refractivity contribution is 5.94. The highest BCUT2D eigenvalue weighted by atomic mass is 16.5. The molecule has 1 aromatic heterocycles. The van der Waals surface area contributed by atoms with E-state index in [1.54, 1.807) is 13.3 Å². The van der Waals surface area contributed by atoms with E-state index in [0.717, 1.165) is 34.1 Å². The summed E-state index contributed by atoms with van der Waals surface area (Å²) in [6.07, 6.45) is 1.79. The molecule has 0 aliphatic rings. The maximum Gasteiger partial charge on any atom is 0.157 e. The quantitative estimate of drug-likeness (QED) is 0.701. The first-order valence-electron chi connectivity index (χ1n) is 7.33. The topological polar surface area (TPSA) is 62.3 Å². The molecule has 0 unspecified atom stereocenters. The van der Waals surface area contributed by atoms with Crippen LogP contribution in [-0.4, -0.2) is 30.5 Å². The number of benzene rings is 2. The fourth-order valence-corrected chi connectivity index (χ4v) is 2.33. The summed E-state index contributed by atoms with van der Waals surface area (Å²) in [5, 5.41) is 10.4. The lowest BCUT2D eigenvalue weighted by molar-refractivity contribution is 0.483. The number of aromatic nitrogens is 2. The van der Waals surface area contributed by atoms with Crippen molar-refractivity contribution in [3.8, 4) is 22.8 Å².